The van der Waals surface area contributed by atoms with E-state index in [-0.39, 0.29) is 23.6 Å². The van der Waals surface area contributed by atoms with Crippen molar-refractivity contribution in [2.75, 3.05) is 7.11 Å². The molecule has 8 heteroatoms. The van der Waals surface area contributed by atoms with Gasteiger partial charge in [0.25, 0.3) is 5.91 Å². The molecule has 2 aromatic carbocycles. The van der Waals surface area contributed by atoms with Crippen molar-refractivity contribution in [1.82, 2.24) is 10.3 Å². The average Bonchev–Trinajstić information content (AvgIpc) is 2.79. The first-order valence-corrected chi connectivity index (χ1v) is 8.79. The summed E-state index contributed by atoms with van der Waals surface area (Å²) in [6.07, 6.45) is 1.28. The molecule has 1 amide bonds. The largest absolute Gasteiger partial charge is 0.465 e. The van der Waals surface area contributed by atoms with Crippen LogP contribution in [0.5, 0.6) is 11.6 Å². The van der Waals surface area contributed by atoms with E-state index in [1.807, 2.05) is 6.07 Å². The van der Waals surface area contributed by atoms with E-state index < -0.39 is 17.7 Å². The van der Waals surface area contributed by atoms with Crippen LogP contribution in [0.2, 0.25) is 0 Å². The van der Waals surface area contributed by atoms with Crippen LogP contribution in [0.25, 0.3) is 0 Å². The minimum absolute atomic E-state index is 0.0147. The molecule has 0 bridgehead atoms. The Morgan fingerprint density at radius 3 is 2.47 bits per heavy atom. The summed E-state index contributed by atoms with van der Waals surface area (Å²) in [6.45, 7) is 0.174. The molecule has 0 saturated carbocycles. The second-order valence-corrected chi connectivity index (χ2v) is 6.12. The Bertz CT molecular complexity index is 1110. The number of hydrogen-bond acceptors (Lipinski definition) is 6. The fourth-order valence-electron chi connectivity index (χ4n) is 2.53. The van der Waals surface area contributed by atoms with E-state index in [9.17, 15) is 14.0 Å². The van der Waals surface area contributed by atoms with E-state index in [4.69, 9.17) is 10.00 Å². The van der Waals surface area contributed by atoms with Crippen LogP contribution < -0.4 is 10.1 Å². The number of nitrogens with zero attached hydrogens (tertiary/aromatic N) is 2. The molecule has 7 nitrogen and oxygen atoms in total. The average molecular weight is 405 g/mol. The molecule has 0 aliphatic rings. The zero-order chi connectivity index (χ0) is 21.5. The summed E-state index contributed by atoms with van der Waals surface area (Å²) in [5.41, 5.74) is 1.40. The quantitative estimate of drug-likeness (QED) is 0.629. The summed E-state index contributed by atoms with van der Waals surface area (Å²) < 4.78 is 23.3. The molecule has 0 radical (unpaired) electrons. The van der Waals surface area contributed by atoms with Gasteiger partial charge in [-0.05, 0) is 48.0 Å². The second kappa shape index (κ2) is 9.30. The van der Waals surface area contributed by atoms with Crippen molar-refractivity contribution in [1.29, 1.82) is 5.26 Å². The fraction of sp³-hybridized carbons (Fsp3) is 0.0909. The lowest BCUT2D eigenvalue weighted by atomic mass is 10.1. The first-order valence-electron chi connectivity index (χ1n) is 8.79. The molecule has 3 aromatic rings. The smallest absolute Gasteiger partial charge is 0.337 e. The van der Waals surface area contributed by atoms with Gasteiger partial charge in [0.05, 0.1) is 18.2 Å². The number of halogens is 1. The van der Waals surface area contributed by atoms with Gasteiger partial charge in [-0.2, -0.15) is 5.26 Å². The van der Waals surface area contributed by atoms with Gasteiger partial charge in [-0.3, -0.25) is 4.79 Å². The lowest BCUT2D eigenvalue weighted by Gasteiger charge is -2.11. The molecule has 1 heterocycles. The van der Waals surface area contributed by atoms with E-state index in [1.165, 1.54) is 43.6 Å². The molecule has 30 heavy (non-hydrogen) atoms. The SMILES string of the molecule is COC(=O)c1ccc(CNC(=O)c2cc(C#N)cnc2Oc2ccc(F)cc2)cc1. The molecule has 3 rings (SSSR count). The monoisotopic (exact) mass is 405 g/mol. The van der Waals surface area contributed by atoms with Gasteiger partial charge in [0.15, 0.2) is 0 Å². The fourth-order valence-corrected chi connectivity index (χ4v) is 2.53. The maximum absolute atomic E-state index is 13.1. The van der Waals surface area contributed by atoms with Gasteiger partial charge in [0, 0.05) is 12.7 Å². The molecule has 150 valence electrons. The van der Waals surface area contributed by atoms with Gasteiger partial charge in [-0.25, -0.2) is 14.2 Å². The number of carbonyl (C=O) groups excluding carboxylic acids is 2. The summed E-state index contributed by atoms with van der Waals surface area (Å²) in [7, 11) is 1.30. The zero-order valence-corrected chi connectivity index (χ0v) is 15.9. The number of esters is 1. The predicted molar refractivity (Wildman–Crippen MR) is 104 cm³/mol. The van der Waals surface area contributed by atoms with Crippen LogP contribution in [0.1, 0.15) is 31.8 Å². The molecular formula is C22H16FN3O4. The Labute approximate surface area is 171 Å². The van der Waals surface area contributed by atoms with Gasteiger partial charge in [-0.1, -0.05) is 12.1 Å². The molecule has 0 spiro atoms. The molecule has 0 fully saturated rings. The van der Waals surface area contributed by atoms with E-state index in [2.05, 4.69) is 15.0 Å². The number of nitriles is 1. The van der Waals surface area contributed by atoms with Crippen LogP contribution in [0.15, 0.2) is 60.8 Å². The van der Waals surface area contributed by atoms with Crippen molar-refractivity contribution >= 4 is 11.9 Å². The molecule has 0 atom stereocenters. The number of rotatable bonds is 6. The van der Waals surface area contributed by atoms with Crippen molar-refractivity contribution < 1.29 is 23.5 Å². The highest BCUT2D eigenvalue weighted by Crippen LogP contribution is 2.24. The topological polar surface area (TPSA) is 101 Å². The number of carbonyl (C=O) groups is 2. The van der Waals surface area contributed by atoms with Crippen LogP contribution in [0.4, 0.5) is 4.39 Å². The van der Waals surface area contributed by atoms with Crippen LogP contribution in [-0.4, -0.2) is 24.0 Å². The summed E-state index contributed by atoms with van der Waals surface area (Å²) in [5, 5.41) is 11.8. The predicted octanol–water partition coefficient (Wildman–Crippen LogP) is 3.60. The number of aromatic nitrogens is 1. The van der Waals surface area contributed by atoms with Crippen LogP contribution in [0, 0.1) is 17.1 Å². The summed E-state index contributed by atoms with van der Waals surface area (Å²) in [5.74, 6) is -1.10. The maximum atomic E-state index is 13.1. The van der Waals surface area contributed by atoms with Crippen molar-refractivity contribution in [2.45, 2.75) is 6.54 Å². The van der Waals surface area contributed by atoms with Gasteiger partial charge in [0.1, 0.15) is 23.2 Å². The van der Waals surface area contributed by atoms with E-state index >= 15 is 0 Å². The van der Waals surface area contributed by atoms with E-state index in [0.29, 0.717) is 11.3 Å². The normalized spacial score (nSPS) is 10.0. The molecular weight excluding hydrogens is 389 g/mol. The zero-order valence-electron chi connectivity index (χ0n) is 15.9. The number of methoxy groups -OCH3 is 1. The third-order valence-corrected chi connectivity index (χ3v) is 4.08. The molecule has 1 N–H and O–H groups in total. The highest BCUT2D eigenvalue weighted by atomic mass is 19.1. The van der Waals surface area contributed by atoms with Crippen LogP contribution in [-0.2, 0) is 11.3 Å². The Kier molecular flexibility index (Phi) is 6.35. The minimum Gasteiger partial charge on any atom is -0.465 e. The first-order chi connectivity index (χ1) is 14.5. The Morgan fingerprint density at radius 2 is 1.83 bits per heavy atom. The van der Waals surface area contributed by atoms with Crippen molar-refractivity contribution in [3.63, 3.8) is 0 Å². The minimum atomic E-state index is -0.506. The maximum Gasteiger partial charge on any atom is 0.337 e. The number of nitrogens with one attached hydrogen (secondary N) is 1. The van der Waals surface area contributed by atoms with Gasteiger partial charge in [0.2, 0.25) is 5.88 Å². The van der Waals surface area contributed by atoms with Crippen LogP contribution in [0.3, 0.4) is 0 Å². The van der Waals surface area contributed by atoms with Gasteiger partial charge >= 0.3 is 5.97 Å². The van der Waals surface area contributed by atoms with Crippen molar-refractivity contribution in [3.8, 4) is 17.7 Å². The van der Waals surface area contributed by atoms with Gasteiger partial charge < -0.3 is 14.8 Å². The summed E-state index contributed by atoms with van der Waals surface area (Å²) >= 11 is 0. The standard InChI is InChI=1S/C22H16FN3O4/c1-29-22(28)16-4-2-14(3-5-16)12-25-20(27)19-10-15(11-24)13-26-21(19)30-18-8-6-17(23)7-9-18/h2-10,13H,12H2,1H3,(H,25,27). The van der Waals surface area contributed by atoms with Gasteiger partial charge in [-0.15, -0.1) is 0 Å². The third kappa shape index (κ3) is 4.97. The lowest BCUT2D eigenvalue weighted by molar-refractivity contribution is 0.0600. The molecule has 0 aliphatic heterocycles. The highest BCUT2D eigenvalue weighted by Gasteiger charge is 2.16. The lowest BCUT2D eigenvalue weighted by Crippen LogP contribution is -2.23. The summed E-state index contributed by atoms with van der Waals surface area (Å²) in [4.78, 5) is 28.2. The molecule has 0 unspecified atom stereocenters. The first kappa shape index (κ1) is 20.5. The number of benzene rings is 2. The highest BCUT2D eigenvalue weighted by molar-refractivity contribution is 5.96. The second-order valence-electron chi connectivity index (χ2n) is 6.12. The Hall–Kier alpha value is -4.25. The molecule has 0 aliphatic carbocycles. The van der Waals surface area contributed by atoms with Crippen molar-refractivity contribution in [3.05, 3.63) is 88.9 Å². The number of amides is 1. The molecule has 0 saturated heterocycles. The third-order valence-electron chi connectivity index (χ3n) is 4.08. The number of ether oxygens (including phenoxy) is 2. The van der Waals surface area contributed by atoms with E-state index in [1.54, 1.807) is 24.3 Å². The number of hydrogen-bond donors (Lipinski definition) is 1. The van der Waals surface area contributed by atoms with Crippen LogP contribution >= 0.6 is 0 Å². The number of pyridine rings is 1. The Balaban J connectivity index is 1.76. The van der Waals surface area contributed by atoms with E-state index in [0.717, 1.165) is 5.56 Å². The summed E-state index contributed by atoms with van der Waals surface area (Å²) in [6, 6.07) is 15.1. The molecule has 1 aromatic heterocycles. The Morgan fingerprint density at radius 1 is 1.13 bits per heavy atom. The van der Waals surface area contributed by atoms with Crippen molar-refractivity contribution in [2.24, 2.45) is 0 Å².